The van der Waals surface area contributed by atoms with Crippen molar-refractivity contribution in [3.63, 3.8) is 0 Å². The first-order chi connectivity index (χ1) is 12.1. The molecule has 25 heavy (non-hydrogen) atoms. The van der Waals surface area contributed by atoms with Gasteiger partial charge in [0.25, 0.3) is 0 Å². The van der Waals surface area contributed by atoms with Crippen LogP contribution in [0, 0.1) is 12.7 Å². The number of thiazole rings is 1. The fraction of sp³-hybridized carbons (Fsp3) is 0.444. The molecule has 2 N–H and O–H groups in total. The molecule has 5 nitrogen and oxygen atoms in total. The van der Waals surface area contributed by atoms with Gasteiger partial charge in [0.2, 0.25) is 0 Å². The predicted molar refractivity (Wildman–Crippen MR) is 100 cm³/mol. The lowest BCUT2D eigenvalue weighted by atomic mass is 10.1. The second-order valence-electron chi connectivity index (χ2n) is 5.60. The summed E-state index contributed by atoms with van der Waals surface area (Å²) in [4.78, 5) is 10.1. The summed E-state index contributed by atoms with van der Waals surface area (Å²) in [5, 5.41) is 7.64. The van der Waals surface area contributed by atoms with E-state index in [-0.39, 0.29) is 12.4 Å². The van der Waals surface area contributed by atoms with Gasteiger partial charge in [-0.3, -0.25) is 0 Å². The van der Waals surface area contributed by atoms with Crippen molar-refractivity contribution in [2.24, 2.45) is 4.99 Å². The number of ether oxygens (including phenoxy) is 1. The lowest BCUT2D eigenvalue weighted by molar-refractivity contribution is 0.181. The first-order valence-corrected chi connectivity index (χ1v) is 9.13. The zero-order valence-corrected chi connectivity index (χ0v) is 15.8. The van der Waals surface area contributed by atoms with Crippen LogP contribution < -0.4 is 10.6 Å². The summed E-state index contributed by atoms with van der Waals surface area (Å²) in [6.45, 7) is 6.35. The molecular formula is C18H25FN4OS. The van der Waals surface area contributed by atoms with Gasteiger partial charge in [-0.15, -0.1) is 11.3 Å². The number of aliphatic imine (C=N–C) groups is 1. The Morgan fingerprint density at radius 1 is 1.36 bits per heavy atom. The zero-order chi connectivity index (χ0) is 18.1. The molecule has 136 valence electrons. The maximum atomic E-state index is 13.7. The van der Waals surface area contributed by atoms with Crippen molar-refractivity contribution in [1.82, 2.24) is 15.6 Å². The van der Waals surface area contributed by atoms with E-state index in [4.69, 9.17) is 4.74 Å². The Balaban J connectivity index is 1.93. The van der Waals surface area contributed by atoms with Crippen LogP contribution in [0.2, 0.25) is 0 Å². The summed E-state index contributed by atoms with van der Waals surface area (Å²) in [6, 6.07) is 5.01. The molecule has 0 spiro atoms. The maximum absolute atomic E-state index is 13.7. The highest BCUT2D eigenvalue weighted by Crippen LogP contribution is 2.13. The molecule has 0 saturated heterocycles. The van der Waals surface area contributed by atoms with E-state index in [2.05, 4.69) is 27.5 Å². The molecular weight excluding hydrogens is 339 g/mol. The van der Waals surface area contributed by atoms with E-state index in [1.165, 1.54) is 10.9 Å². The van der Waals surface area contributed by atoms with E-state index in [0.29, 0.717) is 12.1 Å². The Bertz CT molecular complexity index is 702. The average molecular weight is 364 g/mol. The first-order valence-electron chi connectivity index (χ1n) is 8.32. The van der Waals surface area contributed by atoms with E-state index >= 15 is 0 Å². The fourth-order valence-corrected chi connectivity index (χ4v) is 3.10. The number of nitrogens with zero attached hydrogens (tertiary/aromatic N) is 2. The normalized spacial score (nSPS) is 11.6. The third-order valence-corrected chi connectivity index (χ3v) is 4.45. The van der Waals surface area contributed by atoms with Crippen LogP contribution in [0.1, 0.15) is 27.9 Å². The van der Waals surface area contributed by atoms with Crippen molar-refractivity contribution in [2.45, 2.75) is 33.4 Å². The molecule has 0 atom stereocenters. The van der Waals surface area contributed by atoms with E-state index in [1.807, 2.05) is 13.1 Å². The standard InChI is InChI=1S/C18H25FN4OS/c1-4-20-18(21-8-7-17-22-10-13(2)25-17)23-11-14-5-6-16(19)15(9-14)12-24-3/h5-6,9-10H,4,7-8,11-12H2,1-3H3,(H2,20,21,23). The molecule has 2 rings (SSSR count). The molecule has 0 fully saturated rings. The number of benzene rings is 1. The van der Waals surface area contributed by atoms with Crippen molar-refractivity contribution in [1.29, 1.82) is 0 Å². The van der Waals surface area contributed by atoms with Gasteiger partial charge in [0.15, 0.2) is 5.96 Å². The van der Waals surface area contributed by atoms with Gasteiger partial charge in [0, 0.05) is 43.3 Å². The van der Waals surface area contributed by atoms with Crippen LogP contribution in [0.5, 0.6) is 0 Å². The number of methoxy groups -OCH3 is 1. The number of hydrogen-bond acceptors (Lipinski definition) is 4. The van der Waals surface area contributed by atoms with E-state index in [0.717, 1.165) is 36.0 Å². The smallest absolute Gasteiger partial charge is 0.191 e. The minimum atomic E-state index is -0.252. The highest BCUT2D eigenvalue weighted by atomic mass is 32.1. The molecule has 1 aromatic carbocycles. The van der Waals surface area contributed by atoms with Gasteiger partial charge < -0.3 is 15.4 Å². The van der Waals surface area contributed by atoms with Crippen molar-refractivity contribution in [2.75, 3.05) is 20.2 Å². The Morgan fingerprint density at radius 2 is 2.20 bits per heavy atom. The molecule has 0 radical (unpaired) electrons. The molecule has 1 aromatic heterocycles. The van der Waals surface area contributed by atoms with Gasteiger partial charge in [-0.25, -0.2) is 14.4 Å². The van der Waals surface area contributed by atoms with Gasteiger partial charge >= 0.3 is 0 Å². The van der Waals surface area contributed by atoms with Crippen LogP contribution in [-0.4, -0.2) is 31.1 Å². The second-order valence-corrected chi connectivity index (χ2v) is 6.91. The van der Waals surface area contributed by atoms with Crippen LogP contribution in [0.15, 0.2) is 29.4 Å². The molecule has 0 aliphatic carbocycles. The lowest BCUT2D eigenvalue weighted by Crippen LogP contribution is -2.38. The van der Waals surface area contributed by atoms with Gasteiger partial charge in [-0.05, 0) is 31.5 Å². The molecule has 0 aliphatic heterocycles. The maximum Gasteiger partial charge on any atom is 0.191 e. The Labute approximate surface area is 152 Å². The molecule has 0 aliphatic rings. The molecule has 0 saturated carbocycles. The van der Waals surface area contributed by atoms with E-state index < -0.39 is 0 Å². The summed E-state index contributed by atoms with van der Waals surface area (Å²) in [6.07, 6.45) is 2.75. The van der Waals surface area contributed by atoms with Gasteiger partial charge in [0.1, 0.15) is 5.82 Å². The largest absolute Gasteiger partial charge is 0.380 e. The molecule has 0 bridgehead atoms. The minimum absolute atomic E-state index is 0.252. The summed E-state index contributed by atoms with van der Waals surface area (Å²) in [5.74, 6) is 0.492. The number of halogens is 1. The number of hydrogen-bond donors (Lipinski definition) is 2. The molecule has 0 unspecified atom stereocenters. The SMILES string of the molecule is CCNC(=NCc1ccc(F)c(COC)c1)NCCc1ncc(C)s1. The summed E-state index contributed by atoms with van der Waals surface area (Å²) in [5.41, 5.74) is 1.49. The number of guanidine groups is 1. The van der Waals surface area contributed by atoms with Gasteiger partial charge in [-0.2, -0.15) is 0 Å². The first kappa shape index (κ1) is 19.3. The quantitative estimate of drug-likeness (QED) is 0.558. The molecule has 0 amide bonds. The van der Waals surface area contributed by atoms with Crippen molar-refractivity contribution in [3.8, 4) is 0 Å². The zero-order valence-electron chi connectivity index (χ0n) is 14.9. The third-order valence-electron chi connectivity index (χ3n) is 3.47. The van der Waals surface area contributed by atoms with Crippen molar-refractivity contribution < 1.29 is 9.13 Å². The summed E-state index contributed by atoms with van der Waals surface area (Å²) >= 11 is 1.71. The number of rotatable bonds is 8. The third kappa shape index (κ3) is 6.43. The minimum Gasteiger partial charge on any atom is -0.380 e. The van der Waals surface area contributed by atoms with Crippen LogP contribution >= 0.6 is 11.3 Å². The number of aryl methyl sites for hydroxylation is 1. The van der Waals surface area contributed by atoms with Crippen LogP contribution in [0.3, 0.4) is 0 Å². The van der Waals surface area contributed by atoms with Crippen molar-refractivity contribution in [3.05, 3.63) is 51.2 Å². The number of nitrogens with one attached hydrogen (secondary N) is 2. The predicted octanol–water partition coefficient (Wildman–Crippen LogP) is 3.03. The van der Waals surface area contributed by atoms with Crippen LogP contribution in [0.25, 0.3) is 0 Å². The fourth-order valence-electron chi connectivity index (χ4n) is 2.31. The Morgan fingerprint density at radius 3 is 2.88 bits per heavy atom. The monoisotopic (exact) mass is 364 g/mol. The highest BCUT2D eigenvalue weighted by Gasteiger charge is 2.04. The highest BCUT2D eigenvalue weighted by molar-refractivity contribution is 7.11. The van der Waals surface area contributed by atoms with E-state index in [1.54, 1.807) is 30.6 Å². The molecule has 7 heteroatoms. The van der Waals surface area contributed by atoms with Gasteiger partial charge in [-0.1, -0.05) is 6.07 Å². The topological polar surface area (TPSA) is 58.5 Å². The van der Waals surface area contributed by atoms with Gasteiger partial charge in [0.05, 0.1) is 18.2 Å². The molecule has 1 heterocycles. The Kier molecular flexibility index (Phi) is 7.81. The van der Waals surface area contributed by atoms with Crippen LogP contribution in [0.4, 0.5) is 4.39 Å². The molecule has 2 aromatic rings. The average Bonchev–Trinajstić information content (AvgIpc) is 3.01. The summed E-state index contributed by atoms with van der Waals surface area (Å²) in [7, 11) is 1.56. The van der Waals surface area contributed by atoms with Crippen molar-refractivity contribution >= 4 is 17.3 Å². The van der Waals surface area contributed by atoms with E-state index in [9.17, 15) is 4.39 Å². The summed E-state index contributed by atoms with van der Waals surface area (Å²) < 4.78 is 18.7. The number of aromatic nitrogens is 1. The van der Waals surface area contributed by atoms with Crippen LogP contribution in [-0.2, 0) is 24.3 Å². The second kappa shape index (κ2) is 10.1. The lowest BCUT2D eigenvalue weighted by Gasteiger charge is -2.11. The Hall–Kier alpha value is -1.99.